The van der Waals surface area contributed by atoms with E-state index in [1.54, 1.807) is 13.3 Å². The number of hydrogen-bond acceptors (Lipinski definition) is 3. The van der Waals surface area contributed by atoms with Crippen molar-refractivity contribution in [3.63, 3.8) is 0 Å². The lowest BCUT2D eigenvalue weighted by molar-refractivity contribution is -0.305. The molecule has 54 valence electrons. The van der Waals surface area contributed by atoms with Gasteiger partial charge in [0.2, 0.25) is 0 Å². The van der Waals surface area contributed by atoms with E-state index in [9.17, 15) is 14.5 Å². The van der Waals surface area contributed by atoms with Crippen LogP contribution in [0.2, 0.25) is 0 Å². The van der Waals surface area contributed by atoms with Crippen molar-refractivity contribution in [1.29, 1.82) is 0 Å². The van der Waals surface area contributed by atoms with Crippen LogP contribution in [0.25, 0.3) is 0 Å². The van der Waals surface area contributed by atoms with Gasteiger partial charge < -0.3 is 14.5 Å². The zero-order chi connectivity index (χ0) is 7.49. The van der Waals surface area contributed by atoms with Crippen LogP contribution in [0.4, 0.5) is 0 Å². The molecule has 0 bridgehead atoms. The number of carboxylic acid groups (broad SMARTS) is 1. The Morgan fingerprint density at radius 2 is 2.00 bits per heavy atom. The van der Waals surface area contributed by atoms with Gasteiger partial charge in [0.05, 0.1) is 7.14 Å². The summed E-state index contributed by atoms with van der Waals surface area (Å²) in [6.45, 7) is 3.13. The number of carbonyl (C=O) groups is 1. The summed E-state index contributed by atoms with van der Waals surface area (Å²) >= 11 is 0. The second-order valence-electron chi connectivity index (χ2n) is 2.42. The smallest absolute Gasteiger partial charge is 0.0822 e. The predicted molar refractivity (Wildman–Crippen MR) is 33.9 cm³/mol. The van der Waals surface area contributed by atoms with Crippen molar-refractivity contribution in [2.45, 2.75) is 6.42 Å². The third-order valence-electron chi connectivity index (χ3n) is 0.854. The first-order chi connectivity index (χ1) is 3.92. The van der Waals surface area contributed by atoms with Gasteiger partial charge in [-0.1, -0.05) is 0 Å². The third kappa shape index (κ3) is 7.70. The summed E-state index contributed by atoms with van der Waals surface area (Å²) in [6.07, 6.45) is 0.152. The minimum absolute atomic E-state index is 0.0930. The fourth-order valence-corrected chi connectivity index (χ4v) is 1.08. The molecule has 9 heavy (non-hydrogen) atoms. The molecule has 0 N–H and O–H groups in total. The zero-order valence-corrected chi connectivity index (χ0v) is 6.48. The van der Waals surface area contributed by atoms with Gasteiger partial charge in [-0.25, -0.2) is 0 Å². The molecule has 0 aromatic heterocycles. The molecule has 0 fully saturated rings. The number of rotatable bonds is 3. The first-order valence-electron chi connectivity index (χ1n) is 2.66. The normalized spacial score (nSPS) is 11.3. The van der Waals surface area contributed by atoms with Crippen molar-refractivity contribution in [2.24, 2.45) is 0 Å². The van der Waals surface area contributed by atoms with Crippen molar-refractivity contribution in [2.75, 3.05) is 19.5 Å². The van der Waals surface area contributed by atoms with Crippen molar-refractivity contribution in [3.05, 3.63) is 0 Å². The molecule has 0 aromatic carbocycles. The van der Waals surface area contributed by atoms with Crippen LogP contribution in [0.1, 0.15) is 6.42 Å². The highest BCUT2D eigenvalue weighted by Gasteiger charge is 2.05. The number of carbonyl (C=O) groups excluding carboxylic acids is 1. The Morgan fingerprint density at radius 1 is 1.56 bits per heavy atom. The molecule has 0 radical (unpaired) electrons. The van der Waals surface area contributed by atoms with Crippen molar-refractivity contribution < 1.29 is 14.5 Å². The highest BCUT2D eigenvalue weighted by atomic mass is 31.2. The van der Waals surface area contributed by atoms with Gasteiger partial charge in [-0.15, -0.1) is 0 Å². The van der Waals surface area contributed by atoms with E-state index in [1.807, 2.05) is 0 Å². The molecule has 0 atom stereocenters. The Labute approximate surface area is 54.4 Å². The SMILES string of the molecule is CP(C)(=O)CCC(=O)[O-]. The van der Waals surface area contributed by atoms with Gasteiger partial charge in [-0.3, -0.25) is 0 Å². The van der Waals surface area contributed by atoms with Crippen LogP contribution >= 0.6 is 7.14 Å². The van der Waals surface area contributed by atoms with Gasteiger partial charge in [0.1, 0.15) is 0 Å². The first-order valence-corrected chi connectivity index (χ1v) is 5.44. The van der Waals surface area contributed by atoms with Crippen LogP contribution in [0.3, 0.4) is 0 Å². The number of hydrogen-bond donors (Lipinski definition) is 0. The van der Waals surface area contributed by atoms with Gasteiger partial charge in [0.15, 0.2) is 0 Å². The maximum Gasteiger partial charge on any atom is 0.0822 e. The van der Waals surface area contributed by atoms with E-state index in [4.69, 9.17) is 0 Å². The molecule has 0 unspecified atom stereocenters. The monoisotopic (exact) mass is 149 g/mol. The molecular formula is C5H10O3P-. The standard InChI is InChI=1S/C5H11O3P/c1-9(2,8)4-3-5(6)7/h3-4H2,1-2H3,(H,6,7)/p-1. The van der Waals surface area contributed by atoms with E-state index in [-0.39, 0.29) is 12.6 Å². The molecule has 4 heteroatoms. The molecule has 0 heterocycles. The average molecular weight is 149 g/mol. The van der Waals surface area contributed by atoms with Gasteiger partial charge in [0.25, 0.3) is 0 Å². The third-order valence-corrected chi connectivity index (χ3v) is 2.16. The van der Waals surface area contributed by atoms with Gasteiger partial charge in [-0.05, 0) is 19.8 Å². The minimum Gasteiger partial charge on any atom is -0.550 e. The Hall–Kier alpha value is -0.300. The lowest BCUT2D eigenvalue weighted by atomic mass is 10.5. The van der Waals surface area contributed by atoms with Crippen LogP contribution in [-0.2, 0) is 9.36 Å². The van der Waals surface area contributed by atoms with Gasteiger partial charge >= 0.3 is 0 Å². The van der Waals surface area contributed by atoms with E-state index in [2.05, 4.69) is 0 Å². The van der Waals surface area contributed by atoms with E-state index >= 15 is 0 Å². The van der Waals surface area contributed by atoms with Gasteiger partial charge in [0, 0.05) is 12.1 Å². The fraction of sp³-hybridized carbons (Fsp3) is 0.800. The second-order valence-corrected chi connectivity index (χ2v) is 6.01. The molecule has 0 aliphatic carbocycles. The molecule has 0 saturated carbocycles. The summed E-state index contributed by atoms with van der Waals surface area (Å²) in [5.41, 5.74) is 0. The zero-order valence-electron chi connectivity index (χ0n) is 5.59. The quantitative estimate of drug-likeness (QED) is 0.520. The van der Waals surface area contributed by atoms with Crippen LogP contribution < -0.4 is 5.11 Å². The highest BCUT2D eigenvalue weighted by Crippen LogP contribution is 2.35. The Bertz CT molecular complexity index is 146. The maximum atomic E-state index is 10.8. The molecule has 0 aliphatic heterocycles. The lowest BCUT2D eigenvalue weighted by Gasteiger charge is -2.05. The molecule has 0 rings (SSSR count). The maximum absolute atomic E-state index is 10.8. The predicted octanol–water partition coefficient (Wildman–Crippen LogP) is -0.251. The number of aliphatic carboxylic acids is 1. The molecule has 0 aliphatic rings. The summed E-state index contributed by atoms with van der Waals surface area (Å²) in [4.78, 5) is 9.81. The number of carboxylic acids is 1. The molecular weight excluding hydrogens is 139 g/mol. The van der Waals surface area contributed by atoms with Crippen molar-refractivity contribution in [3.8, 4) is 0 Å². The Morgan fingerprint density at radius 3 is 2.11 bits per heavy atom. The summed E-state index contributed by atoms with van der Waals surface area (Å²) in [6, 6.07) is 0. The van der Waals surface area contributed by atoms with Crippen LogP contribution in [0, 0.1) is 0 Å². The van der Waals surface area contributed by atoms with E-state index in [0.717, 1.165) is 0 Å². The first kappa shape index (κ1) is 8.70. The lowest BCUT2D eigenvalue weighted by Crippen LogP contribution is -2.22. The Kier molecular flexibility index (Phi) is 2.92. The topological polar surface area (TPSA) is 57.2 Å². The van der Waals surface area contributed by atoms with E-state index < -0.39 is 13.1 Å². The largest absolute Gasteiger partial charge is 0.550 e. The summed E-state index contributed by atoms with van der Waals surface area (Å²) in [5.74, 6) is -1.13. The molecule has 3 nitrogen and oxygen atoms in total. The summed E-state index contributed by atoms with van der Waals surface area (Å²) in [5, 5.41) is 9.81. The van der Waals surface area contributed by atoms with Crippen LogP contribution in [-0.4, -0.2) is 25.5 Å². The Balaban J connectivity index is 3.53. The van der Waals surface area contributed by atoms with Crippen LogP contribution in [0.15, 0.2) is 0 Å². The molecule has 0 aromatic rings. The van der Waals surface area contributed by atoms with Crippen molar-refractivity contribution in [1.82, 2.24) is 0 Å². The van der Waals surface area contributed by atoms with Crippen LogP contribution in [0.5, 0.6) is 0 Å². The summed E-state index contributed by atoms with van der Waals surface area (Å²) in [7, 11) is -2.14. The minimum atomic E-state index is -2.14. The fourth-order valence-electron chi connectivity index (χ4n) is 0.361. The van der Waals surface area contributed by atoms with E-state index in [0.29, 0.717) is 0 Å². The molecule has 0 saturated heterocycles. The molecule has 0 spiro atoms. The second kappa shape index (κ2) is 3.02. The molecule has 0 amide bonds. The average Bonchev–Trinajstić information content (AvgIpc) is 1.59. The van der Waals surface area contributed by atoms with Crippen molar-refractivity contribution >= 4 is 13.1 Å². The highest BCUT2D eigenvalue weighted by molar-refractivity contribution is 7.62. The van der Waals surface area contributed by atoms with Gasteiger partial charge in [-0.2, -0.15) is 0 Å². The summed E-state index contributed by atoms with van der Waals surface area (Å²) < 4.78 is 10.8. The van der Waals surface area contributed by atoms with E-state index in [1.165, 1.54) is 0 Å².